The van der Waals surface area contributed by atoms with Crippen LogP contribution >= 0.6 is 15.9 Å². The van der Waals surface area contributed by atoms with E-state index in [0.29, 0.717) is 15.7 Å². The van der Waals surface area contributed by atoms with Gasteiger partial charge in [-0.05, 0) is 54.9 Å². The molecule has 0 atom stereocenters. The normalized spacial score (nSPS) is 11.4. The van der Waals surface area contributed by atoms with Gasteiger partial charge in [0, 0.05) is 4.47 Å². The third-order valence-corrected chi connectivity index (χ3v) is 4.75. The Bertz CT molecular complexity index is 569. The summed E-state index contributed by atoms with van der Waals surface area (Å²) in [6.45, 7) is 5.18. The van der Waals surface area contributed by atoms with Crippen LogP contribution in [0.4, 0.5) is 5.69 Å². The first-order valence-electron chi connectivity index (χ1n) is 5.76. The fourth-order valence-corrected chi connectivity index (χ4v) is 2.54. The predicted octanol–water partition coefficient (Wildman–Crippen LogP) is 2.78. The third kappa shape index (κ3) is 4.21. The molecule has 5 nitrogen and oxygen atoms in total. The van der Waals surface area contributed by atoms with Crippen molar-refractivity contribution in [2.45, 2.75) is 26.0 Å². The molecule has 0 saturated heterocycles. The van der Waals surface area contributed by atoms with Gasteiger partial charge >= 0.3 is 5.97 Å². The Morgan fingerprint density at radius 2 is 2.05 bits per heavy atom. The molecule has 0 heterocycles. The molecule has 1 aromatic carbocycles. The summed E-state index contributed by atoms with van der Waals surface area (Å²) < 4.78 is 31.3. The number of esters is 1. The first kappa shape index (κ1) is 16.0. The van der Waals surface area contributed by atoms with Crippen LogP contribution in [0.5, 0.6) is 0 Å². The maximum atomic E-state index is 11.7. The predicted molar refractivity (Wildman–Crippen MR) is 77.8 cm³/mol. The van der Waals surface area contributed by atoms with Crippen molar-refractivity contribution in [1.82, 2.24) is 0 Å². The van der Waals surface area contributed by atoms with E-state index in [0.717, 1.165) is 0 Å². The van der Waals surface area contributed by atoms with E-state index in [1.807, 2.05) is 0 Å². The number of carbonyl (C=O) groups excluding carboxylic acids is 1. The van der Waals surface area contributed by atoms with E-state index in [1.165, 1.54) is 18.2 Å². The second-order valence-corrected chi connectivity index (χ2v) is 7.20. The van der Waals surface area contributed by atoms with Gasteiger partial charge in [-0.2, -0.15) is 0 Å². The first-order valence-corrected chi connectivity index (χ1v) is 8.10. The van der Waals surface area contributed by atoms with Crippen molar-refractivity contribution >= 4 is 37.6 Å². The van der Waals surface area contributed by atoms with Crippen LogP contribution in [0, 0.1) is 0 Å². The lowest BCUT2D eigenvalue weighted by atomic mass is 10.2. The minimum Gasteiger partial charge on any atom is -0.462 e. The Kier molecular flexibility index (Phi) is 5.37. The quantitative estimate of drug-likeness (QED) is 0.829. The van der Waals surface area contributed by atoms with Gasteiger partial charge in [-0.15, -0.1) is 0 Å². The van der Waals surface area contributed by atoms with Crippen LogP contribution in [0.2, 0.25) is 0 Å². The molecule has 106 valence electrons. The van der Waals surface area contributed by atoms with Crippen molar-refractivity contribution in [1.29, 1.82) is 0 Å². The standard InChI is InChI=1S/C12H16BrNO4S/c1-4-18-12(15)9-5-6-11(10(13)7-9)14-19(16,17)8(2)3/h5-8,14H,4H2,1-3H3. The molecule has 1 N–H and O–H groups in total. The molecule has 0 radical (unpaired) electrons. The van der Waals surface area contributed by atoms with Gasteiger partial charge in [-0.1, -0.05) is 0 Å². The summed E-state index contributed by atoms with van der Waals surface area (Å²) in [5.74, 6) is -0.443. The van der Waals surface area contributed by atoms with E-state index in [1.54, 1.807) is 20.8 Å². The van der Waals surface area contributed by atoms with Gasteiger partial charge < -0.3 is 4.74 Å². The van der Waals surface area contributed by atoms with Gasteiger partial charge in [-0.25, -0.2) is 13.2 Å². The molecule has 0 aliphatic carbocycles. The largest absolute Gasteiger partial charge is 0.462 e. The number of sulfonamides is 1. The van der Waals surface area contributed by atoms with Crippen LogP contribution < -0.4 is 4.72 Å². The smallest absolute Gasteiger partial charge is 0.338 e. The van der Waals surface area contributed by atoms with E-state index in [9.17, 15) is 13.2 Å². The fraction of sp³-hybridized carbons (Fsp3) is 0.417. The van der Waals surface area contributed by atoms with Gasteiger partial charge in [0.15, 0.2) is 0 Å². The van der Waals surface area contributed by atoms with E-state index in [-0.39, 0.29) is 6.61 Å². The Labute approximate surface area is 121 Å². The highest BCUT2D eigenvalue weighted by Crippen LogP contribution is 2.25. The molecule has 0 aromatic heterocycles. The zero-order valence-electron chi connectivity index (χ0n) is 10.9. The molecule has 0 aliphatic heterocycles. The Hall–Kier alpha value is -1.08. The summed E-state index contributed by atoms with van der Waals surface area (Å²) >= 11 is 3.23. The molecule has 1 rings (SSSR count). The van der Waals surface area contributed by atoms with E-state index >= 15 is 0 Å². The summed E-state index contributed by atoms with van der Waals surface area (Å²) in [6, 6.07) is 4.56. The van der Waals surface area contributed by atoms with Gasteiger partial charge in [0.25, 0.3) is 0 Å². The fourth-order valence-electron chi connectivity index (χ4n) is 1.21. The highest BCUT2D eigenvalue weighted by molar-refractivity contribution is 9.10. The number of rotatable bonds is 5. The number of carbonyl (C=O) groups is 1. The van der Waals surface area contributed by atoms with E-state index < -0.39 is 21.2 Å². The van der Waals surface area contributed by atoms with E-state index in [2.05, 4.69) is 20.7 Å². The van der Waals surface area contributed by atoms with E-state index in [4.69, 9.17) is 4.74 Å². The highest BCUT2D eigenvalue weighted by Gasteiger charge is 2.17. The first-order chi connectivity index (χ1) is 8.77. The average molecular weight is 350 g/mol. The van der Waals surface area contributed by atoms with Crippen LogP contribution in [0.15, 0.2) is 22.7 Å². The molecule has 19 heavy (non-hydrogen) atoms. The van der Waals surface area contributed by atoms with Gasteiger partial charge in [0.05, 0.1) is 23.1 Å². The average Bonchev–Trinajstić information content (AvgIpc) is 2.31. The lowest BCUT2D eigenvalue weighted by Gasteiger charge is -2.12. The molecule has 0 fully saturated rings. The topological polar surface area (TPSA) is 72.5 Å². The van der Waals surface area contributed by atoms with Crippen molar-refractivity contribution in [3.05, 3.63) is 28.2 Å². The SMILES string of the molecule is CCOC(=O)c1ccc(NS(=O)(=O)C(C)C)c(Br)c1. The lowest BCUT2D eigenvalue weighted by molar-refractivity contribution is 0.0526. The third-order valence-electron chi connectivity index (χ3n) is 2.35. The molecule has 0 unspecified atom stereocenters. The number of benzene rings is 1. The van der Waals surface area contributed by atoms with Crippen LogP contribution in [-0.4, -0.2) is 26.2 Å². The van der Waals surface area contributed by atoms with Crippen molar-refractivity contribution in [2.24, 2.45) is 0 Å². The van der Waals surface area contributed by atoms with Gasteiger partial charge in [-0.3, -0.25) is 4.72 Å². The number of halogens is 1. The number of hydrogen-bond acceptors (Lipinski definition) is 4. The maximum Gasteiger partial charge on any atom is 0.338 e. The van der Waals surface area contributed by atoms with Gasteiger partial charge in [0.1, 0.15) is 0 Å². The summed E-state index contributed by atoms with van der Waals surface area (Å²) in [6.07, 6.45) is 0. The molecule has 0 spiro atoms. The molecule has 0 bridgehead atoms. The van der Waals surface area contributed by atoms with Crippen molar-refractivity contribution in [3.8, 4) is 0 Å². The molecular formula is C12H16BrNO4S. The van der Waals surface area contributed by atoms with Crippen LogP contribution in [0.25, 0.3) is 0 Å². The molecular weight excluding hydrogens is 334 g/mol. The number of hydrogen-bond donors (Lipinski definition) is 1. The summed E-state index contributed by atoms with van der Waals surface area (Å²) in [4.78, 5) is 11.5. The van der Waals surface area contributed by atoms with Crippen LogP contribution in [-0.2, 0) is 14.8 Å². The van der Waals surface area contributed by atoms with Crippen molar-refractivity contribution in [3.63, 3.8) is 0 Å². The van der Waals surface area contributed by atoms with Crippen LogP contribution in [0.1, 0.15) is 31.1 Å². The minimum absolute atomic E-state index is 0.290. The molecule has 0 amide bonds. The Morgan fingerprint density at radius 1 is 1.42 bits per heavy atom. The van der Waals surface area contributed by atoms with Crippen molar-refractivity contribution in [2.75, 3.05) is 11.3 Å². The summed E-state index contributed by atoms with van der Waals surface area (Å²) in [5.41, 5.74) is 0.753. The monoisotopic (exact) mass is 349 g/mol. The molecule has 0 saturated carbocycles. The number of ether oxygens (including phenoxy) is 1. The minimum atomic E-state index is -3.41. The lowest BCUT2D eigenvalue weighted by Crippen LogP contribution is -2.22. The second kappa shape index (κ2) is 6.38. The molecule has 1 aromatic rings. The highest BCUT2D eigenvalue weighted by atomic mass is 79.9. The number of nitrogens with one attached hydrogen (secondary N) is 1. The Balaban J connectivity index is 2.99. The molecule has 0 aliphatic rings. The van der Waals surface area contributed by atoms with Crippen LogP contribution in [0.3, 0.4) is 0 Å². The zero-order chi connectivity index (χ0) is 14.6. The Morgan fingerprint density at radius 3 is 2.53 bits per heavy atom. The summed E-state index contributed by atoms with van der Waals surface area (Å²) in [5, 5.41) is -0.538. The van der Waals surface area contributed by atoms with Gasteiger partial charge in [0.2, 0.25) is 10.0 Å². The zero-order valence-corrected chi connectivity index (χ0v) is 13.3. The maximum absolute atomic E-state index is 11.7. The van der Waals surface area contributed by atoms with Crippen molar-refractivity contribution < 1.29 is 17.9 Å². The summed E-state index contributed by atoms with van der Waals surface area (Å²) in [7, 11) is -3.41. The molecule has 7 heteroatoms. The number of anilines is 1. The second-order valence-electron chi connectivity index (χ2n) is 4.11.